The largest absolute Gasteiger partial charge is 0.330 e. The highest BCUT2D eigenvalue weighted by molar-refractivity contribution is 4.63. The van der Waals surface area contributed by atoms with Crippen molar-refractivity contribution in [2.45, 2.75) is 46.5 Å². The van der Waals surface area contributed by atoms with Gasteiger partial charge >= 0.3 is 0 Å². The van der Waals surface area contributed by atoms with Crippen LogP contribution in [0.1, 0.15) is 46.5 Å². The predicted octanol–water partition coefficient (Wildman–Crippen LogP) is 2.80. The molecule has 0 aliphatic carbocycles. The second kappa shape index (κ2) is 6.66. The van der Waals surface area contributed by atoms with Gasteiger partial charge in [0.15, 0.2) is 0 Å². The molecule has 0 saturated carbocycles. The van der Waals surface area contributed by atoms with E-state index in [1.54, 1.807) is 0 Å². The predicted molar refractivity (Wildman–Crippen MR) is 51.5 cm³/mol. The van der Waals surface area contributed by atoms with Gasteiger partial charge in [-0.15, -0.1) is 0 Å². The Labute approximate surface area is 71.4 Å². The van der Waals surface area contributed by atoms with Gasteiger partial charge < -0.3 is 5.73 Å². The third kappa shape index (κ3) is 5.25. The third-order valence-corrected chi connectivity index (χ3v) is 2.41. The summed E-state index contributed by atoms with van der Waals surface area (Å²) in [5, 5.41) is 0. The highest BCUT2D eigenvalue weighted by atomic mass is 14.5. The van der Waals surface area contributed by atoms with E-state index in [1.807, 2.05) is 0 Å². The maximum atomic E-state index is 5.54. The van der Waals surface area contributed by atoms with Crippen LogP contribution < -0.4 is 5.73 Å². The Hall–Kier alpha value is -0.0400. The van der Waals surface area contributed by atoms with Gasteiger partial charge in [0.25, 0.3) is 0 Å². The van der Waals surface area contributed by atoms with Gasteiger partial charge in [0.2, 0.25) is 0 Å². The lowest BCUT2D eigenvalue weighted by atomic mass is 9.88. The van der Waals surface area contributed by atoms with E-state index in [0.717, 1.165) is 18.4 Å². The molecule has 0 saturated heterocycles. The molecule has 0 spiro atoms. The molecule has 2 N–H and O–H groups in total. The minimum atomic E-state index is 0.810. The molecule has 0 bridgehead atoms. The van der Waals surface area contributed by atoms with Crippen LogP contribution in [0.4, 0.5) is 0 Å². The number of hydrogen-bond acceptors (Lipinski definition) is 1. The van der Waals surface area contributed by atoms with Crippen LogP contribution in [0, 0.1) is 11.8 Å². The van der Waals surface area contributed by atoms with Crippen molar-refractivity contribution < 1.29 is 0 Å². The van der Waals surface area contributed by atoms with Crippen LogP contribution in [0.25, 0.3) is 0 Å². The lowest BCUT2D eigenvalue weighted by Crippen LogP contribution is -2.14. The zero-order chi connectivity index (χ0) is 8.69. The first-order chi connectivity index (χ1) is 5.22. The Morgan fingerprint density at radius 2 is 1.82 bits per heavy atom. The number of nitrogens with two attached hydrogens (primary N) is 1. The molecule has 0 rings (SSSR count). The van der Waals surface area contributed by atoms with Crippen LogP contribution in [0.3, 0.4) is 0 Å². The molecule has 0 heterocycles. The second-order valence-corrected chi connectivity index (χ2v) is 3.72. The van der Waals surface area contributed by atoms with Crippen molar-refractivity contribution >= 4 is 0 Å². The number of hydrogen-bond donors (Lipinski definition) is 1. The quantitative estimate of drug-likeness (QED) is 0.630. The average Bonchev–Trinajstić information content (AvgIpc) is 1.97. The molecule has 0 aromatic heterocycles. The van der Waals surface area contributed by atoms with Gasteiger partial charge in [-0.2, -0.15) is 0 Å². The molecule has 1 nitrogen and oxygen atoms in total. The van der Waals surface area contributed by atoms with Crippen LogP contribution in [-0.2, 0) is 0 Å². The summed E-state index contributed by atoms with van der Waals surface area (Å²) in [5.41, 5.74) is 5.54. The van der Waals surface area contributed by atoms with Crippen molar-refractivity contribution in [2.24, 2.45) is 17.6 Å². The Morgan fingerprint density at radius 3 is 2.18 bits per heavy atom. The molecule has 0 fully saturated rings. The summed E-state index contributed by atoms with van der Waals surface area (Å²) in [4.78, 5) is 0. The molecule has 1 heteroatoms. The molecule has 68 valence electrons. The molecule has 1 atom stereocenters. The standard InChI is InChI=1S/C10H23N/c1-4-5-6-10(7-8-11)9(2)3/h9-10H,4-8,11H2,1-3H3. The monoisotopic (exact) mass is 157 g/mol. The van der Waals surface area contributed by atoms with Crippen LogP contribution in [-0.4, -0.2) is 6.54 Å². The summed E-state index contributed by atoms with van der Waals surface area (Å²) in [6.07, 6.45) is 5.25. The Balaban J connectivity index is 3.51. The van der Waals surface area contributed by atoms with E-state index < -0.39 is 0 Å². The maximum Gasteiger partial charge on any atom is -0.00745 e. The van der Waals surface area contributed by atoms with E-state index in [2.05, 4.69) is 20.8 Å². The highest BCUT2D eigenvalue weighted by Crippen LogP contribution is 2.20. The fraction of sp³-hybridized carbons (Fsp3) is 1.00. The van der Waals surface area contributed by atoms with E-state index in [-0.39, 0.29) is 0 Å². The van der Waals surface area contributed by atoms with E-state index in [4.69, 9.17) is 5.73 Å². The summed E-state index contributed by atoms with van der Waals surface area (Å²) in [7, 11) is 0. The molecule has 11 heavy (non-hydrogen) atoms. The highest BCUT2D eigenvalue weighted by Gasteiger charge is 2.10. The van der Waals surface area contributed by atoms with E-state index in [0.29, 0.717) is 0 Å². The Morgan fingerprint density at radius 1 is 1.18 bits per heavy atom. The van der Waals surface area contributed by atoms with Crippen molar-refractivity contribution in [3.05, 3.63) is 0 Å². The summed E-state index contributed by atoms with van der Waals surface area (Å²) < 4.78 is 0. The van der Waals surface area contributed by atoms with Gasteiger partial charge in [-0.25, -0.2) is 0 Å². The smallest absolute Gasteiger partial charge is 0.00745 e. The first-order valence-corrected chi connectivity index (χ1v) is 4.92. The van der Waals surface area contributed by atoms with E-state index >= 15 is 0 Å². The minimum Gasteiger partial charge on any atom is -0.330 e. The van der Waals surface area contributed by atoms with E-state index in [9.17, 15) is 0 Å². The molecule has 0 aliphatic heterocycles. The molecular weight excluding hydrogens is 134 g/mol. The van der Waals surface area contributed by atoms with Gasteiger partial charge in [-0.3, -0.25) is 0 Å². The SMILES string of the molecule is CCCCC(CCN)C(C)C. The van der Waals surface area contributed by atoms with E-state index in [1.165, 1.54) is 25.7 Å². The zero-order valence-electron chi connectivity index (χ0n) is 8.27. The first kappa shape index (κ1) is 11.0. The van der Waals surface area contributed by atoms with Crippen LogP contribution in [0.15, 0.2) is 0 Å². The maximum absolute atomic E-state index is 5.54. The zero-order valence-corrected chi connectivity index (χ0v) is 8.27. The van der Waals surface area contributed by atoms with Gasteiger partial charge in [-0.05, 0) is 24.8 Å². The Bertz CT molecular complexity index is 78.9. The molecule has 0 amide bonds. The second-order valence-electron chi connectivity index (χ2n) is 3.72. The fourth-order valence-corrected chi connectivity index (χ4v) is 1.49. The van der Waals surface area contributed by atoms with Crippen molar-refractivity contribution in [3.8, 4) is 0 Å². The fourth-order valence-electron chi connectivity index (χ4n) is 1.49. The lowest BCUT2D eigenvalue weighted by Gasteiger charge is -2.19. The molecule has 0 aromatic rings. The third-order valence-electron chi connectivity index (χ3n) is 2.41. The molecular formula is C10H23N. The summed E-state index contributed by atoms with van der Waals surface area (Å²) in [6, 6.07) is 0. The normalized spacial score (nSPS) is 13.9. The van der Waals surface area contributed by atoms with Gasteiger partial charge in [0, 0.05) is 0 Å². The van der Waals surface area contributed by atoms with Gasteiger partial charge in [0.1, 0.15) is 0 Å². The minimum absolute atomic E-state index is 0.810. The molecule has 0 aliphatic rings. The van der Waals surface area contributed by atoms with Crippen molar-refractivity contribution in [3.63, 3.8) is 0 Å². The summed E-state index contributed by atoms with van der Waals surface area (Å²) in [5.74, 6) is 1.67. The average molecular weight is 157 g/mol. The molecule has 0 aromatic carbocycles. The summed E-state index contributed by atoms with van der Waals surface area (Å²) >= 11 is 0. The number of unbranched alkanes of at least 4 members (excludes halogenated alkanes) is 1. The first-order valence-electron chi connectivity index (χ1n) is 4.92. The number of rotatable bonds is 6. The van der Waals surface area contributed by atoms with Gasteiger partial charge in [-0.1, -0.05) is 40.0 Å². The van der Waals surface area contributed by atoms with Crippen molar-refractivity contribution in [1.29, 1.82) is 0 Å². The van der Waals surface area contributed by atoms with Gasteiger partial charge in [0.05, 0.1) is 0 Å². The van der Waals surface area contributed by atoms with Crippen LogP contribution in [0.5, 0.6) is 0 Å². The van der Waals surface area contributed by atoms with Crippen LogP contribution >= 0.6 is 0 Å². The van der Waals surface area contributed by atoms with Crippen molar-refractivity contribution in [1.82, 2.24) is 0 Å². The van der Waals surface area contributed by atoms with Crippen LogP contribution in [0.2, 0.25) is 0 Å². The lowest BCUT2D eigenvalue weighted by molar-refractivity contribution is 0.332. The topological polar surface area (TPSA) is 26.0 Å². The Kier molecular flexibility index (Phi) is 6.63. The molecule has 0 radical (unpaired) electrons. The summed E-state index contributed by atoms with van der Waals surface area (Å²) in [6.45, 7) is 7.71. The molecule has 1 unspecified atom stereocenters. The van der Waals surface area contributed by atoms with Crippen molar-refractivity contribution in [2.75, 3.05) is 6.54 Å².